The first-order valence-electron chi connectivity index (χ1n) is 9.20. The molecule has 1 aliphatic heterocycles. The number of carbonyl (C=O) groups excluding carboxylic acids is 1. The van der Waals surface area contributed by atoms with Crippen LogP contribution in [0, 0.1) is 0 Å². The van der Waals surface area contributed by atoms with Gasteiger partial charge in [0.25, 0.3) is 5.91 Å². The average Bonchev–Trinajstić information content (AvgIpc) is 3.25. The number of nitrogens with one attached hydrogen (secondary N) is 2. The third-order valence-corrected chi connectivity index (χ3v) is 5.34. The van der Waals surface area contributed by atoms with Crippen molar-refractivity contribution in [3.63, 3.8) is 0 Å². The topological polar surface area (TPSA) is 70.2 Å². The van der Waals surface area contributed by atoms with Gasteiger partial charge in [0.2, 0.25) is 0 Å². The molecule has 0 spiro atoms. The molecule has 6 nitrogen and oxygen atoms in total. The second-order valence-electron chi connectivity index (χ2n) is 6.63. The SMILES string of the molecule is O=C(Nc1ccc(Nc2cc(N3CCCC3)cnn2)cc1)c1ccccc1Br. The molecule has 0 radical (unpaired) electrons. The Bertz CT molecular complexity index is 971. The Kier molecular flexibility index (Phi) is 5.53. The highest BCUT2D eigenvalue weighted by Crippen LogP contribution is 2.24. The summed E-state index contributed by atoms with van der Waals surface area (Å²) in [7, 11) is 0. The second-order valence-corrected chi connectivity index (χ2v) is 7.48. The van der Waals surface area contributed by atoms with E-state index in [2.05, 4.69) is 41.7 Å². The first kappa shape index (κ1) is 18.4. The molecule has 0 saturated carbocycles. The van der Waals surface area contributed by atoms with Crippen LogP contribution in [0.3, 0.4) is 0 Å². The molecule has 1 amide bonds. The van der Waals surface area contributed by atoms with Gasteiger partial charge in [-0.15, -0.1) is 5.10 Å². The van der Waals surface area contributed by atoms with Gasteiger partial charge in [0.1, 0.15) is 0 Å². The van der Waals surface area contributed by atoms with E-state index >= 15 is 0 Å². The number of halogens is 1. The molecule has 142 valence electrons. The number of carbonyl (C=O) groups is 1. The highest BCUT2D eigenvalue weighted by atomic mass is 79.9. The number of aromatic nitrogens is 2. The summed E-state index contributed by atoms with van der Waals surface area (Å²) in [5.74, 6) is 0.548. The molecular weight excluding hydrogens is 418 g/mol. The lowest BCUT2D eigenvalue weighted by atomic mass is 10.2. The third kappa shape index (κ3) is 4.31. The molecule has 1 aromatic heterocycles. The van der Waals surface area contributed by atoms with Crippen LogP contribution in [-0.2, 0) is 0 Å². The predicted octanol–water partition coefficient (Wildman–Crippen LogP) is 4.84. The van der Waals surface area contributed by atoms with E-state index in [9.17, 15) is 4.79 Å². The Morgan fingerprint density at radius 1 is 1.00 bits per heavy atom. The Morgan fingerprint density at radius 3 is 2.46 bits per heavy atom. The largest absolute Gasteiger partial charge is 0.370 e. The molecule has 2 heterocycles. The Morgan fingerprint density at radius 2 is 1.71 bits per heavy atom. The maximum absolute atomic E-state index is 12.4. The van der Waals surface area contributed by atoms with Crippen LogP contribution >= 0.6 is 15.9 Å². The number of benzene rings is 2. The van der Waals surface area contributed by atoms with Crippen molar-refractivity contribution in [2.24, 2.45) is 0 Å². The number of hydrogen-bond donors (Lipinski definition) is 2. The van der Waals surface area contributed by atoms with Gasteiger partial charge < -0.3 is 15.5 Å². The number of hydrogen-bond acceptors (Lipinski definition) is 5. The van der Waals surface area contributed by atoms with Crippen LogP contribution in [0.15, 0.2) is 65.3 Å². The molecule has 2 aromatic carbocycles. The van der Waals surface area contributed by atoms with Gasteiger partial charge in [0.15, 0.2) is 5.82 Å². The molecule has 2 N–H and O–H groups in total. The minimum atomic E-state index is -0.155. The summed E-state index contributed by atoms with van der Waals surface area (Å²) in [6.45, 7) is 2.13. The molecular formula is C21H20BrN5O. The summed E-state index contributed by atoms with van der Waals surface area (Å²) in [6.07, 6.45) is 4.24. The molecule has 4 rings (SSSR count). The minimum absolute atomic E-state index is 0.155. The van der Waals surface area contributed by atoms with E-state index in [-0.39, 0.29) is 5.91 Å². The van der Waals surface area contributed by atoms with E-state index < -0.39 is 0 Å². The van der Waals surface area contributed by atoms with Crippen LogP contribution in [0.5, 0.6) is 0 Å². The van der Waals surface area contributed by atoms with Crippen molar-refractivity contribution >= 4 is 44.7 Å². The number of amides is 1. The summed E-state index contributed by atoms with van der Waals surface area (Å²) in [4.78, 5) is 14.7. The molecule has 1 fully saturated rings. The van der Waals surface area contributed by atoms with Crippen molar-refractivity contribution in [2.75, 3.05) is 28.6 Å². The molecule has 3 aromatic rings. The van der Waals surface area contributed by atoms with Crippen molar-refractivity contribution in [1.82, 2.24) is 10.2 Å². The number of anilines is 4. The molecule has 28 heavy (non-hydrogen) atoms. The highest BCUT2D eigenvalue weighted by molar-refractivity contribution is 9.10. The van der Waals surface area contributed by atoms with Gasteiger partial charge in [-0.1, -0.05) is 12.1 Å². The molecule has 0 bridgehead atoms. The van der Waals surface area contributed by atoms with Crippen LogP contribution < -0.4 is 15.5 Å². The molecule has 0 unspecified atom stereocenters. The molecule has 0 atom stereocenters. The van der Waals surface area contributed by atoms with Gasteiger partial charge in [-0.05, 0) is 65.2 Å². The maximum Gasteiger partial charge on any atom is 0.256 e. The quantitative estimate of drug-likeness (QED) is 0.597. The van der Waals surface area contributed by atoms with Crippen LogP contribution in [0.4, 0.5) is 22.9 Å². The smallest absolute Gasteiger partial charge is 0.256 e. The van der Waals surface area contributed by atoms with Crippen molar-refractivity contribution in [2.45, 2.75) is 12.8 Å². The molecule has 1 aliphatic rings. The van der Waals surface area contributed by atoms with Gasteiger partial charge in [-0.3, -0.25) is 4.79 Å². The Labute approximate surface area is 172 Å². The summed E-state index contributed by atoms with van der Waals surface area (Å²) >= 11 is 3.40. The maximum atomic E-state index is 12.4. The van der Waals surface area contributed by atoms with E-state index in [4.69, 9.17) is 0 Å². The zero-order chi connectivity index (χ0) is 19.3. The first-order valence-corrected chi connectivity index (χ1v) is 9.99. The van der Waals surface area contributed by atoms with Crippen molar-refractivity contribution < 1.29 is 4.79 Å². The lowest BCUT2D eigenvalue weighted by molar-refractivity contribution is 0.102. The fourth-order valence-corrected chi connectivity index (χ4v) is 3.66. The van der Waals surface area contributed by atoms with Gasteiger partial charge in [-0.2, -0.15) is 5.10 Å². The van der Waals surface area contributed by atoms with Gasteiger partial charge in [0.05, 0.1) is 17.4 Å². The number of nitrogens with zero attached hydrogens (tertiary/aromatic N) is 3. The Balaban J connectivity index is 1.42. The zero-order valence-corrected chi connectivity index (χ0v) is 16.8. The highest BCUT2D eigenvalue weighted by Gasteiger charge is 2.13. The van der Waals surface area contributed by atoms with E-state index in [1.54, 1.807) is 12.3 Å². The van der Waals surface area contributed by atoms with E-state index in [0.29, 0.717) is 11.4 Å². The third-order valence-electron chi connectivity index (χ3n) is 4.64. The van der Waals surface area contributed by atoms with Crippen LogP contribution in [-0.4, -0.2) is 29.2 Å². The zero-order valence-electron chi connectivity index (χ0n) is 15.2. The van der Waals surface area contributed by atoms with Gasteiger partial charge in [-0.25, -0.2) is 0 Å². The van der Waals surface area contributed by atoms with Crippen molar-refractivity contribution in [1.29, 1.82) is 0 Å². The summed E-state index contributed by atoms with van der Waals surface area (Å²) in [6, 6.07) is 16.9. The van der Waals surface area contributed by atoms with Gasteiger partial charge >= 0.3 is 0 Å². The second kappa shape index (κ2) is 8.39. The minimum Gasteiger partial charge on any atom is -0.370 e. The lowest BCUT2D eigenvalue weighted by Crippen LogP contribution is -2.18. The first-order chi connectivity index (χ1) is 13.7. The summed E-state index contributed by atoms with van der Waals surface area (Å²) < 4.78 is 0.766. The normalized spacial score (nSPS) is 13.4. The molecule has 1 saturated heterocycles. The summed E-state index contributed by atoms with van der Waals surface area (Å²) in [5, 5.41) is 14.4. The molecule has 7 heteroatoms. The van der Waals surface area contributed by atoms with E-state index in [1.807, 2.05) is 48.5 Å². The fourth-order valence-electron chi connectivity index (χ4n) is 3.19. The lowest BCUT2D eigenvalue weighted by Gasteiger charge is -2.17. The Hall–Kier alpha value is -2.93. The van der Waals surface area contributed by atoms with E-state index in [1.165, 1.54) is 12.8 Å². The number of rotatable bonds is 5. The average molecular weight is 438 g/mol. The van der Waals surface area contributed by atoms with Crippen LogP contribution in [0.2, 0.25) is 0 Å². The van der Waals surface area contributed by atoms with Crippen molar-refractivity contribution in [3.8, 4) is 0 Å². The van der Waals surface area contributed by atoms with Crippen molar-refractivity contribution in [3.05, 3.63) is 70.8 Å². The monoisotopic (exact) mass is 437 g/mol. The van der Waals surface area contributed by atoms with E-state index in [0.717, 1.165) is 34.6 Å². The fraction of sp³-hybridized carbons (Fsp3) is 0.190. The standard InChI is InChI=1S/C21H20BrN5O/c22-19-6-2-1-5-18(19)21(28)25-16-9-7-15(8-10-16)24-20-13-17(14-23-26-20)27-11-3-4-12-27/h1-2,5-10,13-14H,3-4,11-12H2,(H,24,26)(H,25,28). The van der Waals surface area contributed by atoms with Crippen LogP contribution in [0.25, 0.3) is 0 Å². The molecule has 0 aliphatic carbocycles. The summed E-state index contributed by atoms with van der Waals surface area (Å²) in [5.41, 5.74) is 3.29. The van der Waals surface area contributed by atoms with Crippen LogP contribution in [0.1, 0.15) is 23.2 Å². The predicted molar refractivity (Wildman–Crippen MR) is 115 cm³/mol. The van der Waals surface area contributed by atoms with Gasteiger partial charge in [0, 0.05) is 35.0 Å².